The van der Waals surface area contributed by atoms with E-state index in [-0.39, 0.29) is 12.0 Å². The van der Waals surface area contributed by atoms with Crippen LogP contribution in [-0.2, 0) is 4.79 Å². The van der Waals surface area contributed by atoms with Crippen molar-refractivity contribution >= 4 is 39.2 Å². The highest BCUT2D eigenvalue weighted by Crippen LogP contribution is 2.29. The zero-order valence-electron chi connectivity index (χ0n) is 14.1. The average Bonchev–Trinajstić information content (AvgIpc) is 3.10. The highest BCUT2D eigenvalue weighted by atomic mass is 32.2. The van der Waals surface area contributed by atoms with E-state index in [4.69, 9.17) is 4.74 Å². The number of ether oxygens (including phenoxy) is 1. The van der Waals surface area contributed by atoms with Gasteiger partial charge in [-0.15, -0.1) is 11.3 Å². The van der Waals surface area contributed by atoms with Gasteiger partial charge in [-0.1, -0.05) is 23.9 Å². The number of benzene rings is 1. The van der Waals surface area contributed by atoms with Gasteiger partial charge in [0.15, 0.2) is 4.34 Å². The van der Waals surface area contributed by atoms with Crippen LogP contribution in [0, 0.1) is 0 Å². The van der Waals surface area contributed by atoms with Gasteiger partial charge in [-0.2, -0.15) is 0 Å². The van der Waals surface area contributed by atoms with E-state index in [0.29, 0.717) is 18.3 Å². The maximum absolute atomic E-state index is 12.6. The summed E-state index contributed by atoms with van der Waals surface area (Å²) in [6, 6.07) is 10.2. The topological polar surface area (TPSA) is 68.2 Å². The number of nitrogens with zero attached hydrogens (tertiary/aromatic N) is 4. The Kier molecular flexibility index (Phi) is 5.31. The van der Waals surface area contributed by atoms with E-state index in [2.05, 4.69) is 21.0 Å². The Morgan fingerprint density at radius 3 is 2.96 bits per heavy atom. The molecule has 0 bridgehead atoms. The lowest BCUT2D eigenvalue weighted by molar-refractivity contribution is -0.131. The molecule has 0 radical (unpaired) electrons. The Bertz CT molecular complexity index is 854. The quantitative estimate of drug-likeness (QED) is 0.627. The lowest BCUT2D eigenvalue weighted by atomic mass is 10.1. The fourth-order valence-corrected chi connectivity index (χ4v) is 4.86. The second-order valence-corrected chi connectivity index (χ2v) is 8.24. The van der Waals surface area contributed by atoms with Crippen LogP contribution in [0.15, 0.2) is 47.1 Å². The minimum atomic E-state index is -0.0532. The smallest absolute Gasteiger partial charge is 0.316 e. The zero-order valence-corrected chi connectivity index (χ0v) is 15.7. The number of hydrogen-bond acceptors (Lipinski definition) is 7. The van der Waals surface area contributed by atoms with Crippen molar-refractivity contribution in [3.63, 3.8) is 0 Å². The average molecular weight is 387 g/mol. The molecule has 1 aromatic carbocycles. The molecule has 0 saturated carbocycles. The molecule has 8 heteroatoms. The summed E-state index contributed by atoms with van der Waals surface area (Å²) in [7, 11) is 0. The first kappa shape index (κ1) is 17.2. The number of carbonyl (C=O) groups excluding carboxylic acids is 1. The van der Waals surface area contributed by atoms with E-state index in [1.807, 2.05) is 23.1 Å². The van der Waals surface area contributed by atoms with E-state index in [1.165, 1.54) is 11.8 Å². The second-order valence-electron chi connectivity index (χ2n) is 5.99. The van der Waals surface area contributed by atoms with Gasteiger partial charge in [-0.25, -0.2) is 15.0 Å². The van der Waals surface area contributed by atoms with Gasteiger partial charge in [0.05, 0.1) is 22.5 Å². The van der Waals surface area contributed by atoms with Crippen molar-refractivity contribution in [1.29, 1.82) is 0 Å². The Morgan fingerprint density at radius 1 is 1.27 bits per heavy atom. The van der Waals surface area contributed by atoms with Gasteiger partial charge in [0, 0.05) is 18.9 Å². The first-order valence-electron chi connectivity index (χ1n) is 8.48. The molecule has 4 rings (SSSR count). The summed E-state index contributed by atoms with van der Waals surface area (Å²) in [5, 5.41) is 0. The van der Waals surface area contributed by atoms with Crippen LogP contribution in [-0.4, -0.2) is 50.7 Å². The van der Waals surface area contributed by atoms with Crippen LogP contribution in [0.2, 0.25) is 0 Å². The standard InChI is InChI=1S/C18H18N4O2S2/c23-16(12-25-18-21-14-6-1-2-7-15(14)26-18)22-10-3-5-13(11-22)24-17-19-8-4-9-20-17/h1-2,4,6-9,13H,3,5,10-12H2. The number of piperidine rings is 1. The fraction of sp³-hybridized carbons (Fsp3) is 0.333. The van der Waals surface area contributed by atoms with Crippen LogP contribution < -0.4 is 4.74 Å². The Balaban J connectivity index is 1.32. The van der Waals surface area contributed by atoms with Crippen molar-refractivity contribution in [1.82, 2.24) is 19.9 Å². The molecule has 1 saturated heterocycles. The zero-order chi connectivity index (χ0) is 17.8. The molecule has 3 aromatic rings. The monoisotopic (exact) mass is 386 g/mol. The fourth-order valence-electron chi connectivity index (χ4n) is 2.88. The molecular formula is C18H18N4O2S2. The van der Waals surface area contributed by atoms with E-state index in [9.17, 15) is 4.79 Å². The summed E-state index contributed by atoms with van der Waals surface area (Å²) in [5.41, 5.74) is 0.988. The van der Waals surface area contributed by atoms with E-state index < -0.39 is 0 Å². The third-order valence-electron chi connectivity index (χ3n) is 4.14. The van der Waals surface area contributed by atoms with Gasteiger partial charge in [-0.05, 0) is 31.0 Å². The molecule has 0 aliphatic carbocycles. The first-order valence-corrected chi connectivity index (χ1v) is 10.3. The third kappa shape index (κ3) is 4.13. The molecule has 1 unspecified atom stereocenters. The van der Waals surface area contributed by atoms with Crippen LogP contribution in [0.25, 0.3) is 10.2 Å². The lowest BCUT2D eigenvalue weighted by Crippen LogP contribution is -2.45. The SMILES string of the molecule is O=C(CSc1nc2ccccc2s1)N1CCCC(Oc2ncccn2)C1. The first-order chi connectivity index (χ1) is 12.8. The number of para-hydroxylation sites is 1. The molecule has 1 atom stereocenters. The van der Waals surface area contributed by atoms with Crippen molar-refractivity contribution in [2.45, 2.75) is 23.3 Å². The van der Waals surface area contributed by atoms with Crippen LogP contribution in [0.3, 0.4) is 0 Å². The van der Waals surface area contributed by atoms with Gasteiger partial charge in [0.2, 0.25) is 5.91 Å². The van der Waals surface area contributed by atoms with E-state index in [1.54, 1.807) is 29.8 Å². The minimum Gasteiger partial charge on any atom is -0.458 e. The van der Waals surface area contributed by atoms with Crippen LogP contribution >= 0.6 is 23.1 Å². The number of fused-ring (bicyclic) bond motifs is 1. The van der Waals surface area contributed by atoms with Gasteiger partial charge in [-0.3, -0.25) is 4.79 Å². The van der Waals surface area contributed by atoms with Crippen LogP contribution in [0.5, 0.6) is 6.01 Å². The number of aromatic nitrogens is 3. The Morgan fingerprint density at radius 2 is 2.12 bits per heavy atom. The summed E-state index contributed by atoms with van der Waals surface area (Å²) in [4.78, 5) is 27.2. The molecule has 26 heavy (non-hydrogen) atoms. The molecule has 3 heterocycles. The van der Waals surface area contributed by atoms with Gasteiger partial charge < -0.3 is 9.64 Å². The molecule has 2 aromatic heterocycles. The summed E-state index contributed by atoms with van der Waals surface area (Å²) in [6.45, 7) is 1.35. The predicted molar refractivity (Wildman–Crippen MR) is 103 cm³/mol. The third-order valence-corrected chi connectivity index (χ3v) is 6.30. The van der Waals surface area contributed by atoms with Crippen molar-refractivity contribution in [3.05, 3.63) is 42.7 Å². The normalized spacial score (nSPS) is 17.4. The summed E-state index contributed by atoms with van der Waals surface area (Å²) in [6.07, 6.45) is 5.09. The summed E-state index contributed by atoms with van der Waals surface area (Å²) < 4.78 is 7.89. The van der Waals surface area contributed by atoms with Crippen molar-refractivity contribution in [2.24, 2.45) is 0 Å². The minimum absolute atomic E-state index is 0.0532. The number of thiazole rings is 1. The predicted octanol–water partition coefficient (Wildman–Crippen LogP) is 3.25. The number of likely N-dealkylation sites (tertiary alicyclic amines) is 1. The number of rotatable bonds is 5. The molecular weight excluding hydrogens is 368 g/mol. The number of thioether (sulfide) groups is 1. The number of carbonyl (C=O) groups is 1. The van der Waals surface area contributed by atoms with Crippen LogP contribution in [0.1, 0.15) is 12.8 Å². The van der Waals surface area contributed by atoms with Crippen LogP contribution in [0.4, 0.5) is 0 Å². The Labute approximate surface area is 159 Å². The largest absolute Gasteiger partial charge is 0.458 e. The van der Waals surface area contributed by atoms with E-state index >= 15 is 0 Å². The summed E-state index contributed by atoms with van der Waals surface area (Å²) in [5.74, 6) is 0.519. The van der Waals surface area contributed by atoms with Crippen molar-refractivity contribution in [2.75, 3.05) is 18.8 Å². The highest BCUT2D eigenvalue weighted by molar-refractivity contribution is 8.01. The van der Waals surface area contributed by atoms with Gasteiger partial charge in [0.1, 0.15) is 6.10 Å². The molecule has 1 fully saturated rings. The molecule has 134 valence electrons. The van der Waals surface area contributed by atoms with E-state index in [0.717, 1.165) is 33.9 Å². The maximum atomic E-state index is 12.6. The highest BCUT2D eigenvalue weighted by Gasteiger charge is 2.25. The summed E-state index contributed by atoms with van der Waals surface area (Å²) >= 11 is 3.13. The molecule has 6 nitrogen and oxygen atoms in total. The molecule has 0 N–H and O–H groups in total. The number of hydrogen-bond donors (Lipinski definition) is 0. The molecule has 1 aliphatic heterocycles. The lowest BCUT2D eigenvalue weighted by Gasteiger charge is -2.32. The van der Waals surface area contributed by atoms with Crippen molar-refractivity contribution in [3.8, 4) is 6.01 Å². The number of amides is 1. The second kappa shape index (κ2) is 8.01. The molecule has 1 amide bonds. The van der Waals surface area contributed by atoms with Gasteiger partial charge in [0.25, 0.3) is 0 Å². The Hall–Kier alpha value is -2.19. The van der Waals surface area contributed by atoms with Crippen molar-refractivity contribution < 1.29 is 9.53 Å². The molecule has 1 aliphatic rings. The van der Waals surface area contributed by atoms with Gasteiger partial charge >= 0.3 is 6.01 Å². The molecule has 0 spiro atoms. The maximum Gasteiger partial charge on any atom is 0.316 e.